The number of amides is 1. The average Bonchev–Trinajstić information content (AvgIpc) is 3.22. The molecule has 1 atom stereocenters. The molecule has 9 heteroatoms. The topological polar surface area (TPSA) is 86.9 Å². The molecule has 0 bridgehead atoms. The number of hydrogen-bond acceptors (Lipinski definition) is 7. The fourth-order valence-corrected chi connectivity index (χ4v) is 3.03. The minimum absolute atomic E-state index is 0.160. The van der Waals surface area contributed by atoms with Crippen LogP contribution in [0.4, 0.5) is 0 Å². The van der Waals surface area contributed by atoms with Gasteiger partial charge >= 0.3 is 0 Å². The minimum Gasteiger partial charge on any atom is -0.493 e. The second kappa shape index (κ2) is 9.62. The van der Waals surface area contributed by atoms with Gasteiger partial charge in [-0.1, -0.05) is 15.9 Å². The van der Waals surface area contributed by atoms with Gasteiger partial charge in [-0.3, -0.25) is 4.79 Å². The molecule has 8 nitrogen and oxygen atoms in total. The summed E-state index contributed by atoms with van der Waals surface area (Å²) in [5, 5.41) is 8.10. The molecule has 0 saturated carbocycles. The Balaban J connectivity index is 1.64. The minimum atomic E-state index is -0.663. The van der Waals surface area contributed by atoms with Gasteiger partial charge in [0.1, 0.15) is 5.75 Å². The molecular weight excluding hydrogens is 454 g/mol. The highest BCUT2D eigenvalue weighted by molar-refractivity contribution is 9.10. The van der Waals surface area contributed by atoms with E-state index in [-0.39, 0.29) is 12.5 Å². The maximum atomic E-state index is 12.6. The van der Waals surface area contributed by atoms with E-state index in [1.165, 1.54) is 4.90 Å². The third-order valence-corrected chi connectivity index (χ3v) is 4.85. The summed E-state index contributed by atoms with van der Waals surface area (Å²) in [5.74, 6) is 2.20. The number of aromatic nitrogens is 2. The summed E-state index contributed by atoms with van der Waals surface area (Å²) in [7, 11) is 4.78. The van der Waals surface area contributed by atoms with Crippen molar-refractivity contribution in [3.05, 3.63) is 52.8 Å². The van der Waals surface area contributed by atoms with Gasteiger partial charge in [-0.15, -0.1) is 10.2 Å². The lowest BCUT2D eigenvalue weighted by Crippen LogP contribution is -2.37. The molecule has 2 aromatic carbocycles. The maximum Gasteiger partial charge on any atom is 0.263 e. The number of rotatable bonds is 8. The first-order valence-electron chi connectivity index (χ1n) is 9.13. The molecular formula is C21H22BrN3O5. The summed E-state index contributed by atoms with van der Waals surface area (Å²) in [6.07, 6.45) is -0.663. The lowest BCUT2D eigenvalue weighted by Gasteiger charge is -2.20. The fraction of sp³-hybridized carbons (Fsp3) is 0.286. The molecule has 30 heavy (non-hydrogen) atoms. The van der Waals surface area contributed by atoms with E-state index in [1.807, 2.05) is 12.1 Å². The molecule has 0 aliphatic heterocycles. The van der Waals surface area contributed by atoms with Gasteiger partial charge < -0.3 is 23.5 Å². The zero-order chi connectivity index (χ0) is 21.7. The summed E-state index contributed by atoms with van der Waals surface area (Å²) in [5.41, 5.74) is 0.687. The van der Waals surface area contributed by atoms with Crippen molar-refractivity contribution in [2.24, 2.45) is 0 Å². The van der Waals surface area contributed by atoms with Gasteiger partial charge in [-0.2, -0.15) is 0 Å². The summed E-state index contributed by atoms with van der Waals surface area (Å²) < 4.78 is 22.9. The number of ether oxygens (including phenoxy) is 3. The van der Waals surface area contributed by atoms with Crippen LogP contribution in [0.5, 0.6) is 17.2 Å². The van der Waals surface area contributed by atoms with Crippen LogP contribution >= 0.6 is 15.9 Å². The quantitative estimate of drug-likeness (QED) is 0.487. The summed E-state index contributed by atoms with van der Waals surface area (Å²) in [6, 6.07) is 12.6. The van der Waals surface area contributed by atoms with Gasteiger partial charge in [0.25, 0.3) is 5.91 Å². The Morgan fingerprint density at radius 3 is 2.47 bits per heavy atom. The third kappa shape index (κ3) is 5.10. The van der Waals surface area contributed by atoms with E-state index in [0.29, 0.717) is 34.6 Å². The molecule has 3 aromatic rings. The van der Waals surface area contributed by atoms with Gasteiger partial charge in [0.2, 0.25) is 11.8 Å². The Labute approximate surface area is 182 Å². The van der Waals surface area contributed by atoms with Crippen molar-refractivity contribution < 1.29 is 23.4 Å². The van der Waals surface area contributed by atoms with E-state index >= 15 is 0 Å². The molecule has 0 unspecified atom stereocenters. The second-order valence-electron chi connectivity index (χ2n) is 6.48. The molecule has 0 N–H and O–H groups in total. The first kappa shape index (κ1) is 21.6. The molecule has 3 rings (SSSR count). The highest BCUT2D eigenvalue weighted by atomic mass is 79.9. The van der Waals surface area contributed by atoms with Crippen LogP contribution in [0, 0.1) is 0 Å². The van der Waals surface area contributed by atoms with Crippen LogP contribution in [0.1, 0.15) is 12.8 Å². The van der Waals surface area contributed by atoms with Crippen LogP contribution in [0.15, 0.2) is 51.4 Å². The van der Waals surface area contributed by atoms with E-state index < -0.39 is 6.10 Å². The molecule has 1 heterocycles. The number of carbonyl (C=O) groups excluding carboxylic acids is 1. The van der Waals surface area contributed by atoms with Crippen molar-refractivity contribution in [3.8, 4) is 28.7 Å². The van der Waals surface area contributed by atoms with Crippen LogP contribution in [-0.4, -0.2) is 48.4 Å². The van der Waals surface area contributed by atoms with Crippen LogP contribution in [0.2, 0.25) is 0 Å². The Hall–Kier alpha value is -3.07. The summed E-state index contributed by atoms with van der Waals surface area (Å²) >= 11 is 3.37. The lowest BCUT2D eigenvalue weighted by molar-refractivity contribution is -0.137. The number of halogens is 1. The number of carbonyl (C=O) groups is 1. The Bertz CT molecular complexity index is 1010. The van der Waals surface area contributed by atoms with Crippen LogP contribution in [0.25, 0.3) is 11.5 Å². The SMILES string of the molecule is COc1ccc(-c2nnc(CN(C)C(=O)[C@H](C)Oc3ccc(Br)cc3)o2)cc1OC. The number of hydrogen-bond donors (Lipinski definition) is 0. The highest BCUT2D eigenvalue weighted by Gasteiger charge is 2.21. The number of benzene rings is 2. The van der Waals surface area contributed by atoms with Crippen molar-refractivity contribution in [2.75, 3.05) is 21.3 Å². The summed E-state index contributed by atoms with van der Waals surface area (Å²) in [6.45, 7) is 1.86. The first-order valence-corrected chi connectivity index (χ1v) is 9.92. The Morgan fingerprint density at radius 1 is 1.10 bits per heavy atom. The van der Waals surface area contributed by atoms with Crippen molar-refractivity contribution in [2.45, 2.75) is 19.6 Å². The van der Waals surface area contributed by atoms with Crippen molar-refractivity contribution >= 4 is 21.8 Å². The molecule has 1 aromatic heterocycles. The van der Waals surface area contributed by atoms with Crippen LogP contribution in [-0.2, 0) is 11.3 Å². The summed E-state index contributed by atoms with van der Waals surface area (Å²) in [4.78, 5) is 14.1. The second-order valence-corrected chi connectivity index (χ2v) is 7.39. The van der Waals surface area contributed by atoms with Crippen LogP contribution < -0.4 is 14.2 Å². The van der Waals surface area contributed by atoms with E-state index in [2.05, 4.69) is 26.1 Å². The van der Waals surface area contributed by atoms with E-state index in [4.69, 9.17) is 18.6 Å². The molecule has 158 valence electrons. The largest absolute Gasteiger partial charge is 0.493 e. The van der Waals surface area contributed by atoms with Crippen molar-refractivity contribution in [1.29, 1.82) is 0 Å². The van der Waals surface area contributed by atoms with Gasteiger partial charge in [-0.05, 0) is 49.4 Å². The van der Waals surface area contributed by atoms with Gasteiger partial charge in [0.05, 0.1) is 20.8 Å². The van der Waals surface area contributed by atoms with Crippen molar-refractivity contribution in [1.82, 2.24) is 15.1 Å². The third-order valence-electron chi connectivity index (χ3n) is 4.32. The van der Waals surface area contributed by atoms with Gasteiger partial charge in [0.15, 0.2) is 17.6 Å². The Kier molecular flexibility index (Phi) is 6.94. The highest BCUT2D eigenvalue weighted by Crippen LogP contribution is 2.31. The van der Waals surface area contributed by atoms with Gasteiger partial charge in [0, 0.05) is 17.1 Å². The molecule has 0 fully saturated rings. The van der Waals surface area contributed by atoms with E-state index in [9.17, 15) is 4.79 Å². The first-order chi connectivity index (χ1) is 14.4. The standard InChI is InChI=1S/C21H22BrN3O5/c1-13(29-16-8-6-15(22)7-9-16)21(26)25(2)12-19-23-24-20(30-19)14-5-10-17(27-3)18(11-14)28-4/h5-11,13H,12H2,1-4H3/t13-/m0/s1. The Morgan fingerprint density at radius 2 is 1.80 bits per heavy atom. The molecule has 0 radical (unpaired) electrons. The number of likely N-dealkylation sites (N-methyl/N-ethyl adjacent to an activating group) is 1. The molecule has 0 aliphatic carbocycles. The molecule has 0 saturated heterocycles. The van der Waals surface area contributed by atoms with E-state index in [0.717, 1.165) is 4.47 Å². The fourth-order valence-electron chi connectivity index (χ4n) is 2.76. The smallest absolute Gasteiger partial charge is 0.263 e. The molecule has 0 spiro atoms. The molecule has 1 amide bonds. The lowest BCUT2D eigenvalue weighted by atomic mass is 10.2. The average molecular weight is 476 g/mol. The predicted octanol–water partition coefficient (Wildman–Crippen LogP) is 3.94. The maximum absolute atomic E-state index is 12.6. The predicted molar refractivity (Wildman–Crippen MR) is 114 cm³/mol. The van der Waals surface area contributed by atoms with Crippen LogP contribution in [0.3, 0.4) is 0 Å². The molecule has 0 aliphatic rings. The van der Waals surface area contributed by atoms with E-state index in [1.54, 1.807) is 58.5 Å². The van der Waals surface area contributed by atoms with Gasteiger partial charge in [-0.25, -0.2) is 0 Å². The zero-order valence-electron chi connectivity index (χ0n) is 17.1. The zero-order valence-corrected chi connectivity index (χ0v) is 18.7. The monoisotopic (exact) mass is 475 g/mol. The van der Waals surface area contributed by atoms with Crippen molar-refractivity contribution in [3.63, 3.8) is 0 Å². The normalized spacial score (nSPS) is 11.6. The number of methoxy groups -OCH3 is 2. The number of nitrogens with zero attached hydrogens (tertiary/aromatic N) is 3.